The van der Waals surface area contributed by atoms with Crippen molar-refractivity contribution in [2.75, 3.05) is 19.1 Å². The number of fused-ring (bicyclic) bond motifs is 1. The highest BCUT2D eigenvalue weighted by Gasteiger charge is 2.72. The van der Waals surface area contributed by atoms with Crippen LogP contribution in [-0.4, -0.2) is 49.6 Å². The van der Waals surface area contributed by atoms with Gasteiger partial charge in [0.2, 0.25) is 5.91 Å². The number of nitrogens with zero attached hydrogens (tertiary/aromatic N) is 1. The highest BCUT2D eigenvalue weighted by Crippen LogP contribution is 2.42. The van der Waals surface area contributed by atoms with Crippen LogP contribution >= 0.6 is 23.2 Å². The molecule has 26 heavy (non-hydrogen) atoms. The minimum atomic E-state index is -2.31. The van der Waals surface area contributed by atoms with Gasteiger partial charge in [0.05, 0.1) is 24.9 Å². The van der Waals surface area contributed by atoms with E-state index in [2.05, 4.69) is 15.0 Å². The van der Waals surface area contributed by atoms with Crippen LogP contribution in [0.3, 0.4) is 0 Å². The third kappa shape index (κ3) is 2.39. The van der Waals surface area contributed by atoms with E-state index in [9.17, 15) is 19.2 Å². The molecule has 0 spiro atoms. The number of anilines is 1. The van der Waals surface area contributed by atoms with Crippen LogP contribution < -0.4 is 10.4 Å². The first-order valence-electron chi connectivity index (χ1n) is 7.22. The quantitative estimate of drug-likeness (QED) is 0.441. The van der Waals surface area contributed by atoms with Gasteiger partial charge < -0.3 is 9.47 Å². The molecule has 11 heteroatoms. The summed E-state index contributed by atoms with van der Waals surface area (Å²) in [6, 6.07) is 4.15. The summed E-state index contributed by atoms with van der Waals surface area (Å²) in [6.45, 7) is 0. The number of hydrogen-bond donors (Lipinski definition) is 1. The fourth-order valence-electron chi connectivity index (χ4n) is 3.04. The van der Waals surface area contributed by atoms with E-state index in [1.807, 2.05) is 0 Å². The number of ether oxygens (including phenoxy) is 2. The molecule has 1 N–H and O–H groups in total. The van der Waals surface area contributed by atoms with Crippen LogP contribution in [0.25, 0.3) is 0 Å². The number of carbonyl (C=O) groups is 4. The van der Waals surface area contributed by atoms with Crippen molar-refractivity contribution in [1.29, 1.82) is 0 Å². The molecule has 1 aromatic carbocycles. The molecule has 0 bridgehead atoms. The highest BCUT2D eigenvalue weighted by atomic mass is 35.5. The Morgan fingerprint density at radius 3 is 2.31 bits per heavy atom. The molecule has 9 nitrogen and oxygen atoms in total. The fourth-order valence-corrected chi connectivity index (χ4v) is 3.53. The summed E-state index contributed by atoms with van der Waals surface area (Å²) in [7, 11) is 2.05. The van der Waals surface area contributed by atoms with Gasteiger partial charge in [-0.15, -0.1) is 0 Å². The fraction of sp³-hybridized carbons (Fsp3) is 0.333. The van der Waals surface area contributed by atoms with E-state index >= 15 is 0 Å². The maximum atomic E-state index is 13.0. The van der Waals surface area contributed by atoms with Gasteiger partial charge in [-0.3, -0.25) is 14.4 Å². The van der Waals surface area contributed by atoms with Crippen molar-refractivity contribution in [3.63, 3.8) is 0 Å². The Balaban J connectivity index is 2.10. The van der Waals surface area contributed by atoms with E-state index in [1.54, 1.807) is 0 Å². The normalized spacial score (nSPS) is 23.8. The second-order valence-electron chi connectivity index (χ2n) is 5.52. The van der Waals surface area contributed by atoms with Crippen LogP contribution in [0.15, 0.2) is 18.2 Å². The molecule has 1 aromatic rings. The summed E-state index contributed by atoms with van der Waals surface area (Å²) in [4.78, 5) is 56.1. The van der Waals surface area contributed by atoms with Gasteiger partial charge in [0.25, 0.3) is 11.4 Å². The Morgan fingerprint density at radius 2 is 1.77 bits per heavy atom. The second-order valence-corrected chi connectivity index (χ2v) is 6.36. The minimum Gasteiger partial charge on any atom is -0.467 e. The Bertz CT molecular complexity index is 812. The van der Waals surface area contributed by atoms with Crippen molar-refractivity contribution in [2.45, 2.75) is 11.6 Å². The Labute approximate surface area is 157 Å². The van der Waals surface area contributed by atoms with E-state index in [-0.39, 0.29) is 10.7 Å². The standard InChI is InChI=1S/C15H12Cl2N2O7/c1-24-13(22)15(14(23)25-2)9-10(26-18-15)12(21)19(11(9)20)8-4-3-6(16)5-7(8)17/h3-5,9-10,18H,1-2H3/t9-,10-/m0/s1. The molecule has 2 saturated heterocycles. The lowest BCUT2D eigenvalue weighted by Crippen LogP contribution is -2.61. The molecule has 0 aliphatic carbocycles. The van der Waals surface area contributed by atoms with Gasteiger partial charge in [-0.1, -0.05) is 23.2 Å². The first-order valence-corrected chi connectivity index (χ1v) is 7.97. The van der Waals surface area contributed by atoms with Crippen molar-refractivity contribution < 1.29 is 33.5 Å². The molecular weight excluding hydrogens is 391 g/mol. The van der Waals surface area contributed by atoms with Gasteiger partial charge in [0.15, 0.2) is 6.10 Å². The molecule has 3 rings (SSSR count). The number of methoxy groups -OCH3 is 2. The predicted octanol–water partition coefficient (Wildman–Crippen LogP) is 0.471. The maximum Gasteiger partial charge on any atom is 0.341 e. The van der Waals surface area contributed by atoms with Crippen molar-refractivity contribution in [2.24, 2.45) is 5.92 Å². The average Bonchev–Trinajstić information content (AvgIpc) is 3.13. The third-order valence-electron chi connectivity index (χ3n) is 4.23. The zero-order chi connectivity index (χ0) is 19.2. The lowest BCUT2D eigenvalue weighted by atomic mass is 9.82. The van der Waals surface area contributed by atoms with Crippen LogP contribution in [0.4, 0.5) is 5.69 Å². The summed E-state index contributed by atoms with van der Waals surface area (Å²) >= 11 is 11.9. The van der Waals surface area contributed by atoms with Crippen LogP contribution in [0.5, 0.6) is 0 Å². The van der Waals surface area contributed by atoms with Gasteiger partial charge in [-0.05, 0) is 18.2 Å². The van der Waals surface area contributed by atoms with Crippen molar-refractivity contribution in [3.8, 4) is 0 Å². The third-order valence-corrected chi connectivity index (χ3v) is 4.77. The number of rotatable bonds is 3. The van der Waals surface area contributed by atoms with E-state index in [0.29, 0.717) is 5.02 Å². The summed E-state index contributed by atoms with van der Waals surface area (Å²) in [5.41, 5.74) is -0.104. The summed E-state index contributed by atoms with van der Waals surface area (Å²) in [5, 5.41) is 0.336. The summed E-state index contributed by atoms with van der Waals surface area (Å²) in [5.74, 6) is -5.44. The van der Waals surface area contributed by atoms with Crippen molar-refractivity contribution >= 4 is 52.6 Å². The number of hydroxylamine groups is 1. The number of hydrogen-bond acceptors (Lipinski definition) is 8. The largest absolute Gasteiger partial charge is 0.467 e. The zero-order valence-corrected chi connectivity index (χ0v) is 15.0. The van der Waals surface area contributed by atoms with Crippen molar-refractivity contribution in [3.05, 3.63) is 28.2 Å². The molecule has 2 heterocycles. The maximum absolute atomic E-state index is 13.0. The molecule has 2 fully saturated rings. The number of halogens is 2. The van der Waals surface area contributed by atoms with Crippen LogP contribution in [0.1, 0.15) is 0 Å². The highest BCUT2D eigenvalue weighted by molar-refractivity contribution is 6.38. The van der Waals surface area contributed by atoms with E-state index in [1.165, 1.54) is 18.2 Å². The number of amides is 2. The summed E-state index contributed by atoms with van der Waals surface area (Å²) in [6.07, 6.45) is -1.44. The van der Waals surface area contributed by atoms with E-state index in [0.717, 1.165) is 19.1 Å². The van der Waals surface area contributed by atoms with Crippen LogP contribution in [-0.2, 0) is 33.5 Å². The number of benzene rings is 1. The van der Waals surface area contributed by atoms with E-state index < -0.39 is 41.3 Å². The molecule has 2 amide bonds. The van der Waals surface area contributed by atoms with E-state index in [4.69, 9.17) is 28.0 Å². The minimum absolute atomic E-state index is 0.0360. The molecule has 0 aromatic heterocycles. The average molecular weight is 403 g/mol. The number of esters is 2. The molecule has 0 saturated carbocycles. The van der Waals surface area contributed by atoms with Gasteiger partial charge >= 0.3 is 11.9 Å². The Hall–Kier alpha value is -2.20. The topological polar surface area (TPSA) is 111 Å². The number of nitrogens with one attached hydrogen (secondary N) is 1. The Morgan fingerprint density at radius 1 is 1.15 bits per heavy atom. The Kier molecular flexibility index (Phi) is 4.65. The zero-order valence-electron chi connectivity index (χ0n) is 13.4. The number of imide groups is 1. The molecule has 138 valence electrons. The lowest BCUT2D eigenvalue weighted by molar-refractivity contribution is -0.169. The van der Waals surface area contributed by atoms with Gasteiger partial charge in [-0.2, -0.15) is 5.48 Å². The smallest absolute Gasteiger partial charge is 0.341 e. The SMILES string of the molecule is COC(=O)C1(C(=O)OC)NO[C@@H]2C(=O)N(c3ccc(Cl)cc3Cl)C(=O)[C@H]21. The molecular formula is C15H12Cl2N2O7. The number of carbonyl (C=O) groups excluding carboxylic acids is 4. The van der Waals surface area contributed by atoms with Crippen LogP contribution in [0.2, 0.25) is 10.0 Å². The predicted molar refractivity (Wildman–Crippen MR) is 87.2 cm³/mol. The molecule has 2 aliphatic heterocycles. The lowest BCUT2D eigenvalue weighted by Gasteiger charge is -2.26. The van der Waals surface area contributed by atoms with Gasteiger partial charge in [-0.25, -0.2) is 14.5 Å². The van der Waals surface area contributed by atoms with Crippen molar-refractivity contribution in [1.82, 2.24) is 5.48 Å². The monoisotopic (exact) mass is 402 g/mol. The van der Waals surface area contributed by atoms with Gasteiger partial charge in [0, 0.05) is 5.02 Å². The first kappa shape index (κ1) is 18.6. The second kappa shape index (κ2) is 6.51. The molecule has 0 radical (unpaired) electrons. The molecule has 2 aliphatic rings. The molecule has 2 atom stereocenters. The molecule has 0 unspecified atom stereocenters. The van der Waals surface area contributed by atoms with Crippen LogP contribution in [0, 0.1) is 5.92 Å². The summed E-state index contributed by atoms with van der Waals surface area (Å²) < 4.78 is 9.25. The first-order chi connectivity index (χ1) is 12.3. The van der Waals surface area contributed by atoms with Gasteiger partial charge in [0.1, 0.15) is 5.92 Å².